The number of ether oxygens (including phenoxy) is 1. The van der Waals surface area contributed by atoms with E-state index in [1.54, 1.807) is 30.7 Å². The van der Waals surface area contributed by atoms with E-state index in [9.17, 15) is 4.79 Å². The van der Waals surface area contributed by atoms with Crippen LogP contribution in [-0.2, 0) is 0 Å². The highest BCUT2D eigenvalue weighted by molar-refractivity contribution is 9.10. The highest BCUT2D eigenvalue weighted by atomic mass is 79.9. The van der Waals surface area contributed by atoms with Crippen molar-refractivity contribution >= 4 is 33.4 Å². The van der Waals surface area contributed by atoms with Gasteiger partial charge in [0.2, 0.25) is 5.88 Å². The van der Waals surface area contributed by atoms with Crippen molar-refractivity contribution in [3.63, 3.8) is 0 Å². The van der Waals surface area contributed by atoms with E-state index >= 15 is 0 Å². The fourth-order valence-corrected chi connectivity index (χ4v) is 3.56. The minimum atomic E-state index is -1.02. The predicted octanol–water partition coefficient (Wildman–Crippen LogP) is 4.69. The Labute approximate surface area is 195 Å². The number of carbonyl (C=O) groups is 1. The average molecular weight is 503 g/mol. The number of halogens is 1. The number of hydrogen-bond acceptors (Lipinski definition) is 7. The second kappa shape index (κ2) is 8.32. The van der Waals surface area contributed by atoms with Crippen molar-refractivity contribution < 1.29 is 14.6 Å². The molecule has 3 aromatic heterocycles. The number of nitrogens with two attached hydrogens (primary N) is 1. The van der Waals surface area contributed by atoms with Crippen molar-refractivity contribution in [2.45, 2.75) is 0 Å². The van der Waals surface area contributed by atoms with Gasteiger partial charge in [0, 0.05) is 29.1 Å². The number of aromatic carboxylic acids is 1. The molecule has 10 heteroatoms. The number of aromatic nitrogens is 5. The Morgan fingerprint density at radius 1 is 0.970 bits per heavy atom. The van der Waals surface area contributed by atoms with Gasteiger partial charge in [-0.25, -0.2) is 14.8 Å². The summed E-state index contributed by atoms with van der Waals surface area (Å²) in [4.78, 5) is 24.6. The van der Waals surface area contributed by atoms with Crippen LogP contribution in [0.4, 0.5) is 5.82 Å². The van der Waals surface area contributed by atoms with Crippen molar-refractivity contribution in [2.24, 2.45) is 0 Å². The minimum Gasteiger partial charge on any atom is -0.478 e. The largest absolute Gasteiger partial charge is 0.478 e. The molecule has 5 rings (SSSR count). The Morgan fingerprint density at radius 3 is 2.33 bits per heavy atom. The molecule has 0 fully saturated rings. The fourth-order valence-electron chi connectivity index (χ4n) is 3.23. The summed E-state index contributed by atoms with van der Waals surface area (Å²) in [5.74, 6) is 0.515. The highest BCUT2D eigenvalue weighted by Crippen LogP contribution is 2.35. The quantitative estimate of drug-likeness (QED) is 0.354. The van der Waals surface area contributed by atoms with Gasteiger partial charge in [-0.05, 0) is 40.2 Å². The number of benzene rings is 2. The van der Waals surface area contributed by atoms with Crippen LogP contribution in [-0.4, -0.2) is 35.6 Å². The number of rotatable bonds is 5. The zero-order valence-corrected chi connectivity index (χ0v) is 18.5. The van der Waals surface area contributed by atoms with Gasteiger partial charge in [0.25, 0.3) is 0 Å². The summed E-state index contributed by atoms with van der Waals surface area (Å²) in [6, 6.07) is 15.7. The van der Waals surface area contributed by atoms with E-state index in [2.05, 4.69) is 36.0 Å². The summed E-state index contributed by atoms with van der Waals surface area (Å²) in [6.45, 7) is 0. The molecule has 0 atom stereocenters. The lowest BCUT2D eigenvalue weighted by Gasteiger charge is -2.10. The van der Waals surface area contributed by atoms with Crippen molar-refractivity contribution in [2.75, 3.05) is 5.73 Å². The molecule has 9 nitrogen and oxygen atoms in total. The van der Waals surface area contributed by atoms with E-state index in [1.165, 1.54) is 16.6 Å². The molecule has 0 aliphatic carbocycles. The summed E-state index contributed by atoms with van der Waals surface area (Å²) in [5, 5.41) is 13.4. The highest BCUT2D eigenvalue weighted by Gasteiger charge is 2.18. The maximum absolute atomic E-state index is 11.1. The van der Waals surface area contributed by atoms with E-state index in [0.29, 0.717) is 33.1 Å². The van der Waals surface area contributed by atoms with Gasteiger partial charge in [0.15, 0.2) is 11.5 Å². The van der Waals surface area contributed by atoms with Crippen LogP contribution in [0.25, 0.3) is 28.2 Å². The Hall–Kier alpha value is -4.31. The molecule has 0 aliphatic heterocycles. The molecule has 162 valence electrons. The second-order valence-electron chi connectivity index (χ2n) is 7.00. The molecule has 0 saturated carbocycles. The minimum absolute atomic E-state index is 0.154. The third-order valence-electron chi connectivity index (χ3n) is 4.90. The second-order valence-corrected chi connectivity index (χ2v) is 7.80. The third-order valence-corrected chi connectivity index (χ3v) is 5.65. The first kappa shape index (κ1) is 20.6. The van der Waals surface area contributed by atoms with Crippen LogP contribution in [0.5, 0.6) is 11.6 Å². The van der Waals surface area contributed by atoms with E-state index in [0.717, 1.165) is 11.1 Å². The summed E-state index contributed by atoms with van der Waals surface area (Å²) in [5.41, 5.74) is 9.18. The van der Waals surface area contributed by atoms with Crippen LogP contribution < -0.4 is 10.5 Å². The van der Waals surface area contributed by atoms with Crippen molar-refractivity contribution in [3.8, 4) is 34.1 Å². The summed E-state index contributed by atoms with van der Waals surface area (Å²) in [6.07, 6.45) is 5.05. The SMILES string of the molecule is Nc1c(Br)c(Oc2ccc(C(=O)O)cc2)nc2c(-c3cnc(-c4ccccc4)nc3)cnn12. The molecule has 0 aliphatic rings. The summed E-state index contributed by atoms with van der Waals surface area (Å²) in [7, 11) is 0. The summed E-state index contributed by atoms with van der Waals surface area (Å²) < 4.78 is 7.78. The fraction of sp³-hybridized carbons (Fsp3) is 0. The number of hydrogen-bond donors (Lipinski definition) is 2. The first-order valence-electron chi connectivity index (χ1n) is 9.73. The molecule has 3 N–H and O–H groups in total. The molecule has 0 unspecified atom stereocenters. The lowest BCUT2D eigenvalue weighted by Crippen LogP contribution is -2.04. The summed E-state index contributed by atoms with van der Waals surface area (Å²) >= 11 is 3.41. The molecule has 0 saturated heterocycles. The first-order chi connectivity index (χ1) is 16.0. The number of anilines is 1. The number of fused-ring (bicyclic) bond motifs is 1. The van der Waals surface area contributed by atoms with Gasteiger partial charge < -0.3 is 15.6 Å². The number of nitrogens with zero attached hydrogens (tertiary/aromatic N) is 5. The van der Waals surface area contributed by atoms with Gasteiger partial charge in [0.1, 0.15) is 16.0 Å². The van der Waals surface area contributed by atoms with Gasteiger partial charge in [0.05, 0.1) is 11.8 Å². The smallest absolute Gasteiger partial charge is 0.335 e. The standard InChI is InChI=1S/C23H15BrN6O3/c24-18-19(25)30-21(29-22(18)33-16-8-6-14(7-9-16)23(31)32)17(12-28-30)15-10-26-20(27-11-15)13-4-2-1-3-5-13/h1-12H,25H2,(H,31,32). The third kappa shape index (κ3) is 3.87. The van der Waals surface area contributed by atoms with Gasteiger partial charge in [-0.15, -0.1) is 0 Å². The van der Waals surface area contributed by atoms with Crippen LogP contribution in [0.2, 0.25) is 0 Å². The van der Waals surface area contributed by atoms with Gasteiger partial charge in [-0.2, -0.15) is 14.6 Å². The van der Waals surface area contributed by atoms with Gasteiger partial charge >= 0.3 is 5.97 Å². The van der Waals surface area contributed by atoms with Crippen LogP contribution in [0, 0.1) is 0 Å². The zero-order valence-electron chi connectivity index (χ0n) is 16.9. The number of carboxylic acid groups (broad SMARTS) is 1. The van der Waals surface area contributed by atoms with Crippen LogP contribution >= 0.6 is 15.9 Å². The molecule has 0 amide bonds. The zero-order chi connectivity index (χ0) is 22.9. The molecular formula is C23H15BrN6O3. The normalized spacial score (nSPS) is 10.9. The Morgan fingerprint density at radius 2 is 1.67 bits per heavy atom. The molecule has 0 bridgehead atoms. The lowest BCUT2D eigenvalue weighted by molar-refractivity contribution is 0.0697. The van der Waals surface area contributed by atoms with Crippen molar-refractivity contribution in [1.82, 2.24) is 24.6 Å². The van der Waals surface area contributed by atoms with E-state index < -0.39 is 5.97 Å². The van der Waals surface area contributed by atoms with Crippen molar-refractivity contribution in [3.05, 3.63) is 83.2 Å². The van der Waals surface area contributed by atoms with Crippen LogP contribution in [0.15, 0.2) is 77.7 Å². The Balaban J connectivity index is 1.52. The number of carboxylic acids is 1. The molecule has 3 heterocycles. The van der Waals surface area contributed by atoms with Crippen molar-refractivity contribution in [1.29, 1.82) is 0 Å². The van der Waals surface area contributed by atoms with Crippen LogP contribution in [0.3, 0.4) is 0 Å². The topological polar surface area (TPSA) is 129 Å². The average Bonchev–Trinajstić information content (AvgIpc) is 3.27. The lowest BCUT2D eigenvalue weighted by atomic mass is 10.1. The molecule has 0 radical (unpaired) electrons. The monoisotopic (exact) mass is 502 g/mol. The maximum atomic E-state index is 11.1. The Kier molecular flexibility index (Phi) is 5.19. The number of nitrogen functional groups attached to an aromatic ring is 1. The first-order valence-corrected chi connectivity index (χ1v) is 10.5. The van der Waals surface area contributed by atoms with E-state index in [4.69, 9.17) is 15.6 Å². The Bertz CT molecular complexity index is 1470. The molecule has 5 aromatic rings. The van der Waals surface area contributed by atoms with Gasteiger partial charge in [-0.3, -0.25) is 0 Å². The molecule has 2 aromatic carbocycles. The predicted molar refractivity (Wildman–Crippen MR) is 125 cm³/mol. The van der Waals surface area contributed by atoms with Crippen LogP contribution in [0.1, 0.15) is 10.4 Å². The van der Waals surface area contributed by atoms with E-state index in [-0.39, 0.29) is 11.4 Å². The molecular weight excluding hydrogens is 488 g/mol. The molecule has 33 heavy (non-hydrogen) atoms. The van der Waals surface area contributed by atoms with Gasteiger partial charge in [-0.1, -0.05) is 30.3 Å². The maximum Gasteiger partial charge on any atom is 0.335 e. The van der Waals surface area contributed by atoms with E-state index in [1.807, 2.05) is 30.3 Å². The molecule has 0 spiro atoms.